The van der Waals surface area contributed by atoms with Crippen molar-refractivity contribution in [2.45, 2.75) is 12.5 Å². The topological polar surface area (TPSA) is 50.4 Å². The number of thioether (sulfide) groups is 1. The minimum absolute atomic E-state index is 0.0913. The Morgan fingerprint density at radius 3 is 3.14 bits per heavy atom. The molecule has 0 aliphatic carbocycles. The average Bonchev–Trinajstić information content (AvgIpc) is 2.65. The van der Waals surface area contributed by atoms with E-state index in [-0.39, 0.29) is 5.91 Å². The van der Waals surface area contributed by atoms with Crippen LogP contribution in [0.3, 0.4) is 0 Å². The van der Waals surface area contributed by atoms with Crippen molar-refractivity contribution in [3.8, 4) is 0 Å². The minimum atomic E-state index is 0.0913. The van der Waals surface area contributed by atoms with Crippen molar-refractivity contribution in [3.05, 3.63) is 0 Å². The molecule has 1 amide bonds. The van der Waals surface area contributed by atoms with Crippen molar-refractivity contribution >= 4 is 17.7 Å². The van der Waals surface area contributed by atoms with Crippen molar-refractivity contribution in [3.63, 3.8) is 0 Å². The summed E-state index contributed by atoms with van der Waals surface area (Å²) in [6.07, 6.45) is 1.11. The fraction of sp³-hybridized carbons (Fsp3) is 0.889. The summed E-state index contributed by atoms with van der Waals surface area (Å²) < 4.78 is 4.86. The van der Waals surface area contributed by atoms with Crippen LogP contribution in [0.1, 0.15) is 6.42 Å². The van der Waals surface area contributed by atoms with Crippen molar-refractivity contribution in [2.75, 3.05) is 38.3 Å². The summed E-state index contributed by atoms with van der Waals surface area (Å²) in [7, 11) is 1.65. The van der Waals surface area contributed by atoms with Gasteiger partial charge in [-0.1, -0.05) is 0 Å². The zero-order valence-corrected chi connectivity index (χ0v) is 9.36. The zero-order chi connectivity index (χ0) is 10.2. The van der Waals surface area contributed by atoms with Gasteiger partial charge in [0.15, 0.2) is 0 Å². The van der Waals surface area contributed by atoms with Gasteiger partial charge in [-0.3, -0.25) is 4.79 Å². The van der Waals surface area contributed by atoms with Crippen molar-refractivity contribution in [1.82, 2.24) is 10.6 Å². The van der Waals surface area contributed by atoms with Crippen LogP contribution in [0, 0.1) is 0 Å². The first-order valence-corrected chi connectivity index (χ1v) is 6.05. The second-order valence-electron chi connectivity index (χ2n) is 3.30. The fourth-order valence-corrected chi connectivity index (χ4v) is 2.46. The minimum Gasteiger partial charge on any atom is -0.383 e. The number of amides is 1. The molecule has 1 aliphatic heterocycles. The molecule has 1 aliphatic rings. The summed E-state index contributed by atoms with van der Waals surface area (Å²) in [5, 5.41) is 6.01. The van der Waals surface area contributed by atoms with Crippen LogP contribution in [-0.4, -0.2) is 50.3 Å². The third kappa shape index (κ3) is 4.83. The molecule has 0 bridgehead atoms. The molecular weight excluding hydrogens is 200 g/mol. The van der Waals surface area contributed by atoms with Crippen LogP contribution in [0.15, 0.2) is 0 Å². The Labute approximate surface area is 89.2 Å². The molecule has 5 heteroatoms. The van der Waals surface area contributed by atoms with Crippen molar-refractivity contribution < 1.29 is 9.53 Å². The molecule has 1 saturated heterocycles. The number of hydrogen-bond acceptors (Lipinski definition) is 4. The van der Waals surface area contributed by atoms with E-state index in [4.69, 9.17) is 4.74 Å². The SMILES string of the molecule is COCCNCC(=O)NC1CCSC1. The Kier molecular flexibility index (Phi) is 5.98. The number of hydrogen-bond donors (Lipinski definition) is 2. The molecule has 0 aromatic carbocycles. The van der Waals surface area contributed by atoms with E-state index < -0.39 is 0 Å². The Balaban J connectivity index is 1.98. The molecule has 1 rings (SSSR count). The van der Waals surface area contributed by atoms with Gasteiger partial charge in [0, 0.05) is 25.4 Å². The smallest absolute Gasteiger partial charge is 0.234 e. The lowest BCUT2D eigenvalue weighted by Gasteiger charge is -2.11. The Hall–Kier alpha value is -0.260. The quantitative estimate of drug-likeness (QED) is 0.609. The monoisotopic (exact) mass is 218 g/mol. The highest BCUT2D eigenvalue weighted by molar-refractivity contribution is 7.99. The van der Waals surface area contributed by atoms with Crippen LogP contribution in [-0.2, 0) is 9.53 Å². The number of ether oxygens (including phenoxy) is 1. The van der Waals surface area contributed by atoms with Crippen LogP contribution in [0.2, 0.25) is 0 Å². The molecule has 0 spiro atoms. The first-order valence-electron chi connectivity index (χ1n) is 4.89. The molecule has 1 unspecified atom stereocenters. The maximum atomic E-state index is 11.3. The molecule has 0 radical (unpaired) electrons. The fourth-order valence-electron chi connectivity index (χ4n) is 1.30. The summed E-state index contributed by atoms with van der Waals surface area (Å²) >= 11 is 1.90. The van der Waals surface area contributed by atoms with Gasteiger partial charge in [-0.25, -0.2) is 0 Å². The molecule has 1 fully saturated rings. The van der Waals surface area contributed by atoms with Crippen molar-refractivity contribution in [1.29, 1.82) is 0 Å². The lowest BCUT2D eigenvalue weighted by molar-refractivity contribution is -0.120. The molecule has 0 aromatic rings. The number of nitrogens with one attached hydrogen (secondary N) is 2. The summed E-state index contributed by atoms with van der Waals surface area (Å²) in [6.45, 7) is 1.76. The largest absolute Gasteiger partial charge is 0.383 e. The predicted molar refractivity (Wildman–Crippen MR) is 58.6 cm³/mol. The highest BCUT2D eigenvalue weighted by Gasteiger charge is 2.16. The first-order chi connectivity index (χ1) is 6.83. The molecule has 0 aromatic heterocycles. The normalized spacial score (nSPS) is 21.1. The van der Waals surface area contributed by atoms with Gasteiger partial charge in [0.1, 0.15) is 0 Å². The summed E-state index contributed by atoms with van der Waals surface area (Å²) in [5.41, 5.74) is 0. The molecule has 14 heavy (non-hydrogen) atoms. The number of carbonyl (C=O) groups is 1. The summed E-state index contributed by atoms with van der Waals surface area (Å²) in [6, 6.07) is 0.386. The predicted octanol–water partition coefficient (Wildman–Crippen LogP) is -0.156. The maximum absolute atomic E-state index is 11.3. The summed E-state index contributed by atoms with van der Waals surface area (Å²) in [4.78, 5) is 11.3. The van der Waals surface area contributed by atoms with Crippen LogP contribution < -0.4 is 10.6 Å². The van der Waals surface area contributed by atoms with E-state index in [9.17, 15) is 4.79 Å². The van der Waals surface area contributed by atoms with E-state index >= 15 is 0 Å². The maximum Gasteiger partial charge on any atom is 0.234 e. The van der Waals surface area contributed by atoms with E-state index in [2.05, 4.69) is 10.6 Å². The van der Waals surface area contributed by atoms with E-state index in [1.54, 1.807) is 7.11 Å². The lowest BCUT2D eigenvalue weighted by Crippen LogP contribution is -2.41. The Morgan fingerprint density at radius 2 is 2.50 bits per heavy atom. The molecule has 2 N–H and O–H groups in total. The van der Waals surface area contributed by atoms with Crippen LogP contribution in [0.4, 0.5) is 0 Å². The van der Waals surface area contributed by atoms with E-state index in [1.165, 1.54) is 5.75 Å². The molecule has 1 atom stereocenters. The lowest BCUT2D eigenvalue weighted by atomic mass is 10.2. The van der Waals surface area contributed by atoms with E-state index in [0.717, 1.165) is 18.7 Å². The first kappa shape index (κ1) is 11.8. The second-order valence-corrected chi connectivity index (χ2v) is 4.45. The van der Waals surface area contributed by atoms with Gasteiger partial charge in [-0.05, 0) is 12.2 Å². The average molecular weight is 218 g/mol. The highest BCUT2D eigenvalue weighted by Crippen LogP contribution is 2.16. The van der Waals surface area contributed by atoms with Gasteiger partial charge in [0.25, 0.3) is 0 Å². The third-order valence-corrected chi connectivity index (χ3v) is 3.23. The van der Waals surface area contributed by atoms with Crippen LogP contribution >= 0.6 is 11.8 Å². The summed E-state index contributed by atoms with van der Waals surface area (Å²) in [5.74, 6) is 2.32. The van der Waals surface area contributed by atoms with E-state index in [0.29, 0.717) is 19.2 Å². The molecule has 1 heterocycles. The number of methoxy groups -OCH3 is 1. The molecule has 82 valence electrons. The van der Waals surface area contributed by atoms with E-state index in [1.807, 2.05) is 11.8 Å². The van der Waals surface area contributed by atoms with Gasteiger partial charge in [-0.2, -0.15) is 11.8 Å². The molecule has 4 nitrogen and oxygen atoms in total. The van der Waals surface area contributed by atoms with Crippen LogP contribution in [0.5, 0.6) is 0 Å². The standard InChI is InChI=1S/C9H18N2O2S/c1-13-4-3-10-6-9(12)11-8-2-5-14-7-8/h8,10H,2-7H2,1H3,(H,11,12). The number of carbonyl (C=O) groups excluding carboxylic acids is 1. The Morgan fingerprint density at radius 1 is 1.64 bits per heavy atom. The van der Waals surface area contributed by atoms with Gasteiger partial charge in [-0.15, -0.1) is 0 Å². The number of rotatable bonds is 6. The van der Waals surface area contributed by atoms with Gasteiger partial charge in [0.05, 0.1) is 13.2 Å². The third-order valence-electron chi connectivity index (χ3n) is 2.06. The highest BCUT2D eigenvalue weighted by atomic mass is 32.2. The van der Waals surface area contributed by atoms with Gasteiger partial charge in [0.2, 0.25) is 5.91 Å². The Bertz CT molecular complexity index is 172. The zero-order valence-electron chi connectivity index (χ0n) is 8.54. The molecular formula is C9H18N2O2S. The molecule has 0 saturated carbocycles. The van der Waals surface area contributed by atoms with Crippen LogP contribution in [0.25, 0.3) is 0 Å². The van der Waals surface area contributed by atoms with Crippen molar-refractivity contribution in [2.24, 2.45) is 0 Å². The van der Waals surface area contributed by atoms with Gasteiger partial charge < -0.3 is 15.4 Å². The van der Waals surface area contributed by atoms with Gasteiger partial charge >= 0.3 is 0 Å². The second kappa shape index (κ2) is 7.09.